The van der Waals surface area contributed by atoms with E-state index in [1.165, 1.54) is 0 Å². The Balaban J connectivity index is 2.32. The summed E-state index contributed by atoms with van der Waals surface area (Å²) in [6, 6.07) is 4.33. The molecule has 2 aromatic heterocycles. The number of ether oxygens (including phenoxy) is 1. The Hall–Kier alpha value is -0.940. The molecule has 0 saturated heterocycles. The summed E-state index contributed by atoms with van der Waals surface area (Å²) in [6.07, 6.45) is 0. The fraction of sp³-hybridized carbons (Fsp3) is 0.400. The molecule has 0 amide bonds. The second-order valence-corrected chi connectivity index (χ2v) is 4.55. The Morgan fingerprint density at radius 2 is 2.33 bits per heavy atom. The van der Waals surface area contributed by atoms with Gasteiger partial charge in [-0.1, -0.05) is 0 Å². The number of aromatic nitrogens is 3. The van der Waals surface area contributed by atoms with Crippen LogP contribution in [0.2, 0.25) is 0 Å². The highest BCUT2D eigenvalue weighted by Gasteiger charge is 2.20. The van der Waals surface area contributed by atoms with Crippen LogP contribution in [0, 0.1) is 0 Å². The largest absolute Gasteiger partial charge is 0.371 e. The van der Waals surface area contributed by atoms with Crippen LogP contribution in [0.15, 0.2) is 16.7 Å². The standard InChI is InChI=1S/C10H10BrN3O/c1-6-4-15-5-9-13-10-7(14(6)9)2-3-8(11)12-10/h2-3,6H,4-5H2,1H3. The van der Waals surface area contributed by atoms with Gasteiger partial charge in [-0.05, 0) is 35.0 Å². The summed E-state index contributed by atoms with van der Waals surface area (Å²) in [4.78, 5) is 8.81. The minimum absolute atomic E-state index is 0.335. The molecule has 4 nitrogen and oxygen atoms in total. The second-order valence-electron chi connectivity index (χ2n) is 3.74. The Morgan fingerprint density at radius 3 is 3.20 bits per heavy atom. The zero-order valence-electron chi connectivity index (χ0n) is 8.27. The van der Waals surface area contributed by atoms with Gasteiger partial charge in [-0.3, -0.25) is 0 Å². The van der Waals surface area contributed by atoms with E-state index in [4.69, 9.17) is 4.74 Å². The molecule has 1 atom stereocenters. The summed E-state index contributed by atoms with van der Waals surface area (Å²) in [7, 11) is 0. The van der Waals surface area contributed by atoms with E-state index in [1.54, 1.807) is 0 Å². The van der Waals surface area contributed by atoms with Crippen molar-refractivity contribution in [3.63, 3.8) is 0 Å². The first-order valence-electron chi connectivity index (χ1n) is 4.87. The van der Waals surface area contributed by atoms with Crippen LogP contribution < -0.4 is 0 Å². The van der Waals surface area contributed by atoms with E-state index < -0.39 is 0 Å². The van der Waals surface area contributed by atoms with Crippen LogP contribution in [0.5, 0.6) is 0 Å². The van der Waals surface area contributed by atoms with Crippen LogP contribution in [0.3, 0.4) is 0 Å². The van der Waals surface area contributed by atoms with Crippen molar-refractivity contribution in [3.05, 3.63) is 22.6 Å². The Morgan fingerprint density at radius 1 is 1.47 bits per heavy atom. The smallest absolute Gasteiger partial charge is 0.179 e. The topological polar surface area (TPSA) is 39.9 Å². The van der Waals surface area contributed by atoms with E-state index in [9.17, 15) is 0 Å². The number of fused-ring (bicyclic) bond motifs is 3. The zero-order valence-corrected chi connectivity index (χ0v) is 9.86. The molecule has 0 bridgehead atoms. The summed E-state index contributed by atoms with van der Waals surface area (Å²) < 4.78 is 8.47. The number of rotatable bonds is 0. The summed E-state index contributed by atoms with van der Waals surface area (Å²) in [6.45, 7) is 3.46. The van der Waals surface area contributed by atoms with Crippen molar-refractivity contribution >= 4 is 27.1 Å². The molecular weight excluding hydrogens is 258 g/mol. The lowest BCUT2D eigenvalue weighted by atomic mass is 10.3. The molecule has 5 heteroatoms. The number of hydrogen-bond acceptors (Lipinski definition) is 3. The average Bonchev–Trinajstić information content (AvgIpc) is 2.56. The van der Waals surface area contributed by atoms with Gasteiger partial charge in [0.1, 0.15) is 17.0 Å². The Labute approximate surface area is 95.4 Å². The predicted octanol–water partition coefficient (Wildman–Crippen LogP) is 2.29. The van der Waals surface area contributed by atoms with Gasteiger partial charge >= 0.3 is 0 Å². The molecule has 1 unspecified atom stereocenters. The van der Waals surface area contributed by atoms with Gasteiger partial charge in [0.15, 0.2) is 5.65 Å². The molecule has 0 spiro atoms. The minimum Gasteiger partial charge on any atom is -0.371 e. The van der Waals surface area contributed by atoms with Gasteiger partial charge in [-0.2, -0.15) is 0 Å². The summed E-state index contributed by atoms with van der Waals surface area (Å²) in [5, 5.41) is 0. The lowest BCUT2D eigenvalue weighted by Crippen LogP contribution is -2.21. The summed E-state index contributed by atoms with van der Waals surface area (Å²) in [5.74, 6) is 0.967. The van der Waals surface area contributed by atoms with E-state index in [0.29, 0.717) is 12.6 Å². The van der Waals surface area contributed by atoms with Crippen LogP contribution in [0.4, 0.5) is 0 Å². The third-order valence-electron chi connectivity index (χ3n) is 2.62. The first-order valence-corrected chi connectivity index (χ1v) is 5.66. The highest BCUT2D eigenvalue weighted by molar-refractivity contribution is 9.10. The molecule has 1 aliphatic heterocycles. The van der Waals surface area contributed by atoms with Crippen molar-refractivity contribution in [1.82, 2.24) is 14.5 Å². The Bertz CT molecular complexity index is 523. The third kappa shape index (κ3) is 1.38. The van der Waals surface area contributed by atoms with E-state index >= 15 is 0 Å². The molecular formula is C10H10BrN3O. The van der Waals surface area contributed by atoms with Crippen LogP contribution in [-0.4, -0.2) is 21.1 Å². The number of imidazole rings is 1. The minimum atomic E-state index is 0.335. The van der Waals surface area contributed by atoms with Crippen molar-refractivity contribution in [2.24, 2.45) is 0 Å². The maximum absolute atomic E-state index is 5.45. The number of halogens is 1. The quantitative estimate of drug-likeness (QED) is 0.688. The maximum Gasteiger partial charge on any atom is 0.179 e. The van der Waals surface area contributed by atoms with Crippen molar-refractivity contribution in [1.29, 1.82) is 0 Å². The van der Waals surface area contributed by atoms with E-state index in [-0.39, 0.29) is 0 Å². The fourth-order valence-corrected chi connectivity index (χ4v) is 2.29. The lowest BCUT2D eigenvalue weighted by Gasteiger charge is -2.22. The molecule has 0 radical (unpaired) electrons. The molecule has 0 aromatic carbocycles. The van der Waals surface area contributed by atoms with E-state index in [1.807, 2.05) is 12.1 Å². The molecule has 0 aliphatic carbocycles. The highest BCUT2D eigenvalue weighted by Crippen LogP contribution is 2.25. The van der Waals surface area contributed by atoms with Gasteiger partial charge in [0.2, 0.25) is 0 Å². The molecule has 78 valence electrons. The molecule has 15 heavy (non-hydrogen) atoms. The third-order valence-corrected chi connectivity index (χ3v) is 3.07. The van der Waals surface area contributed by atoms with Crippen LogP contribution in [0.25, 0.3) is 11.2 Å². The second kappa shape index (κ2) is 3.28. The fourth-order valence-electron chi connectivity index (χ4n) is 1.99. The first-order chi connectivity index (χ1) is 7.25. The molecule has 2 aromatic rings. The molecule has 0 N–H and O–H groups in total. The van der Waals surface area contributed by atoms with Gasteiger partial charge in [-0.25, -0.2) is 9.97 Å². The van der Waals surface area contributed by atoms with Crippen molar-refractivity contribution < 1.29 is 4.74 Å². The van der Waals surface area contributed by atoms with Crippen molar-refractivity contribution in [3.8, 4) is 0 Å². The van der Waals surface area contributed by atoms with Crippen LogP contribution in [0.1, 0.15) is 18.8 Å². The lowest BCUT2D eigenvalue weighted by molar-refractivity contribution is 0.0621. The van der Waals surface area contributed by atoms with E-state index in [0.717, 1.165) is 28.2 Å². The van der Waals surface area contributed by atoms with Gasteiger partial charge in [0, 0.05) is 0 Å². The predicted molar refractivity (Wildman–Crippen MR) is 59.6 cm³/mol. The molecule has 0 fully saturated rings. The summed E-state index contributed by atoms with van der Waals surface area (Å²) in [5.41, 5.74) is 1.88. The van der Waals surface area contributed by atoms with E-state index in [2.05, 4.69) is 37.4 Å². The van der Waals surface area contributed by atoms with Gasteiger partial charge in [-0.15, -0.1) is 0 Å². The number of nitrogens with zero attached hydrogens (tertiary/aromatic N) is 3. The normalized spacial score (nSPS) is 20.5. The monoisotopic (exact) mass is 267 g/mol. The average molecular weight is 268 g/mol. The van der Waals surface area contributed by atoms with Crippen molar-refractivity contribution in [2.75, 3.05) is 6.61 Å². The highest BCUT2D eigenvalue weighted by atomic mass is 79.9. The first kappa shape index (κ1) is 9.30. The Kier molecular flexibility index (Phi) is 2.03. The van der Waals surface area contributed by atoms with Crippen molar-refractivity contribution in [2.45, 2.75) is 19.6 Å². The van der Waals surface area contributed by atoms with Crippen LogP contribution >= 0.6 is 15.9 Å². The number of pyridine rings is 1. The van der Waals surface area contributed by atoms with Gasteiger partial charge in [0.25, 0.3) is 0 Å². The summed E-state index contributed by atoms with van der Waals surface area (Å²) >= 11 is 3.35. The maximum atomic E-state index is 5.45. The number of hydrogen-bond donors (Lipinski definition) is 0. The molecule has 0 saturated carbocycles. The van der Waals surface area contributed by atoms with Crippen LogP contribution in [-0.2, 0) is 11.3 Å². The zero-order chi connectivity index (χ0) is 10.4. The van der Waals surface area contributed by atoms with Gasteiger partial charge < -0.3 is 9.30 Å². The molecule has 3 rings (SSSR count). The SMILES string of the molecule is CC1COCc2nc3nc(Br)ccc3n21. The molecule has 3 heterocycles. The van der Waals surface area contributed by atoms with Gasteiger partial charge in [0.05, 0.1) is 18.2 Å². The molecule has 1 aliphatic rings.